The van der Waals surface area contributed by atoms with Crippen molar-refractivity contribution in [3.63, 3.8) is 0 Å². The van der Waals surface area contributed by atoms with Gasteiger partial charge in [-0.25, -0.2) is 19.9 Å². The first-order valence-electron chi connectivity index (χ1n) is 10.9. The Hall–Kier alpha value is -4.43. The highest BCUT2D eigenvalue weighted by Crippen LogP contribution is 2.42. The summed E-state index contributed by atoms with van der Waals surface area (Å²) in [6, 6.07) is 2.97. The monoisotopic (exact) mass is 581 g/mol. The van der Waals surface area contributed by atoms with Gasteiger partial charge in [0.05, 0.1) is 19.0 Å². The van der Waals surface area contributed by atoms with Crippen LogP contribution in [0.1, 0.15) is 24.5 Å². The molecule has 1 aromatic carbocycles. The molecule has 0 aliphatic rings. The zero-order valence-electron chi connectivity index (χ0n) is 20.5. The highest BCUT2D eigenvalue weighted by atomic mass is 32.2. The Morgan fingerprint density at radius 3 is 2.05 bits per heavy atom. The van der Waals surface area contributed by atoms with E-state index in [1.807, 2.05) is 0 Å². The second-order valence-corrected chi connectivity index (χ2v) is 9.74. The van der Waals surface area contributed by atoms with Crippen LogP contribution < -0.4 is 20.9 Å². The summed E-state index contributed by atoms with van der Waals surface area (Å²) in [6.45, 7) is 4.04. The third kappa shape index (κ3) is 8.28. The number of hydrogen-bond donors (Lipinski definition) is 5. The average Bonchev–Trinajstić information content (AvgIpc) is 3.33. The standard InChI is InChI=1S/C19H23N11O7S2/c1-3-36-11-8-10(26-29-18-24-16(17(31)32)28-30-18)12(37-4-2)7-9(11)25-27-13-14(20)22-19(23-15(13)21)38-5-6-39(33,34)35/h7-8H,3-6H2,1-2H3,(H,31,32)(H,24,28,30)(H,33,34,35)(H4,20,21,22,23)/b27-25+,29-26+. The van der Waals surface area contributed by atoms with Gasteiger partial charge in [-0.05, 0) is 13.8 Å². The van der Waals surface area contributed by atoms with E-state index in [4.69, 9.17) is 30.6 Å². The van der Waals surface area contributed by atoms with Crippen molar-refractivity contribution in [3.05, 3.63) is 18.0 Å². The first-order valence-corrected chi connectivity index (χ1v) is 13.5. The lowest BCUT2D eigenvalue weighted by atomic mass is 10.2. The summed E-state index contributed by atoms with van der Waals surface area (Å²) < 4.78 is 41.9. The Bertz CT molecular complexity index is 1490. The quantitative estimate of drug-likeness (QED) is 0.0839. The average molecular weight is 582 g/mol. The second kappa shape index (κ2) is 12.9. The normalized spacial score (nSPS) is 11.9. The van der Waals surface area contributed by atoms with E-state index in [1.165, 1.54) is 12.1 Å². The van der Waals surface area contributed by atoms with E-state index in [2.05, 4.69) is 45.6 Å². The van der Waals surface area contributed by atoms with Gasteiger partial charge in [0.2, 0.25) is 0 Å². The van der Waals surface area contributed by atoms with Gasteiger partial charge in [0.25, 0.3) is 21.9 Å². The summed E-state index contributed by atoms with van der Waals surface area (Å²) in [7, 11) is -4.14. The fraction of sp³-hybridized carbons (Fsp3) is 0.316. The minimum Gasteiger partial charge on any atom is -0.491 e. The van der Waals surface area contributed by atoms with E-state index < -0.39 is 27.7 Å². The number of nitrogens with one attached hydrogen (secondary N) is 1. The van der Waals surface area contributed by atoms with Crippen molar-refractivity contribution >= 4 is 62.5 Å². The van der Waals surface area contributed by atoms with Crippen molar-refractivity contribution in [1.82, 2.24) is 25.1 Å². The SMILES string of the molecule is CCOc1cc(/N=N/c2c(N)nc(SCCS(=O)(=O)O)nc2N)c(OCC)cc1/N=N/c1nc(C(=O)O)n[nH]1. The number of aromatic nitrogens is 5. The molecule has 3 rings (SSSR count). The van der Waals surface area contributed by atoms with Crippen molar-refractivity contribution in [2.45, 2.75) is 19.0 Å². The summed E-state index contributed by atoms with van der Waals surface area (Å²) in [5.41, 5.74) is 12.3. The molecule has 2 aromatic heterocycles. The summed E-state index contributed by atoms with van der Waals surface area (Å²) in [5, 5.41) is 31.0. The molecule has 0 bridgehead atoms. The van der Waals surface area contributed by atoms with Crippen LogP contribution in [0.25, 0.3) is 0 Å². The summed E-state index contributed by atoms with van der Waals surface area (Å²) in [4.78, 5) is 22.7. The molecule has 0 radical (unpaired) electrons. The fourth-order valence-corrected chi connectivity index (χ4v) is 4.39. The predicted molar refractivity (Wildman–Crippen MR) is 138 cm³/mol. The number of nitrogens with two attached hydrogens (primary N) is 2. The highest BCUT2D eigenvalue weighted by molar-refractivity contribution is 8.00. The number of hydrogen-bond acceptors (Lipinski definition) is 16. The van der Waals surface area contributed by atoms with Crippen LogP contribution in [0.4, 0.5) is 34.6 Å². The van der Waals surface area contributed by atoms with Gasteiger partial charge in [0.15, 0.2) is 22.5 Å². The minimum atomic E-state index is -4.14. The van der Waals surface area contributed by atoms with E-state index in [1.54, 1.807) is 13.8 Å². The van der Waals surface area contributed by atoms with Gasteiger partial charge in [0, 0.05) is 17.9 Å². The number of aromatic carboxylic acids is 1. The van der Waals surface area contributed by atoms with Crippen LogP contribution in [0.5, 0.6) is 11.5 Å². The zero-order chi connectivity index (χ0) is 28.6. The number of rotatable bonds is 13. The Morgan fingerprint density at radius 1 is 1.00 bits per heavy atom. The van der Waals surface area contributed by atoms with Gasteiger partial charge in [-0.2, -0.15) is 13.4 Å². The lowest BCUT2D eigenvalue weighted by molar-refractivity contribution is 0.0684. The molecule has 0 unspecified atom stereocenters. The van der Waals surface area contributed by atoms with Gasteiger partial charge < -0.3 is 26.0 Å². The molecule has 0 saturated carbocycles. The van der Waals surface area contributed by atoms with E-state index in [9.17, 15) is 13.2 Å². The van der Waals surface area contributed by atoms with Crippen LogP contribution >= 0.6 is 11.8 Å². The number of azo groups is 2. The first-order chi connectivity index (χ1) is 18.5. The van der Waals surface area contributed by atoms with Crippen molar-refractivity contribution in [1.29, 1.82) is 0 Å². The van der Waals surface area contributed by atoms with Crippen LogP contribution in [-0.4, -0.2) is 73.9 Å². The Balaban J connectivity index is 1.91. The maximum Gasteiger partial charge on any atom is 0.375 e. The Kier molecular flexibility index (Phi) is 9.62. The van der Waals surface area contributed by atoms with Crippen molar-refractivity contribution < 1.29 is 32.3 Å². The van der Waals surface area contributed by atoms with Crippen LogP contribution in [0.3, 0.4) is 0 Å². The molecule has 0 aliphatic heterocycles. The molecular formula is C19H23N11O7S2. The number of carboxylic acids is 1. The molecule has 208 valence electrons. The molecule has 0 amide bonds. The maximum absolute atomic E-state index is 11.0. The Morgan fingerprint density at radius 2 is 1.56 bits per heavy atom. The molecule has 2 heterocycles. The van der Waals surface area contributed by atoms with Crippen LogP contribution in [0.15, 0.2) is 37.7 Å². The number of benzene rings is 1. The molecule has 0 spiro atoms. The second-order valence-electron chi connectivity index (χ2n) is 7.10. The Labute approximate surface area is 225 Å². The van der Waals surface area contributed by atoms with Crippen molar-refractivity contribution in [2.24, 2.45) is 20.5 Å². The fourth-order valence-electron chi connectivity index (χ4n) is 2.71. The number of carboxylic acid groups (broad SMARTS) is 1. The van der Waals surface area contributed by atoms with Gasteiger partial charge >= 0.3 is 5.97 Å². The number of nitrogen functional groups attached to an aromatic ring is 2. The molecule has 3 aromatic rings. The zero-order valence-corrected chi connectivity index (χ0v) is 22.1. The molecule has 0 saturated heterocycles. The molecule has 0 aliphatic carbocycles. The number of anilines is 2. The number of H-pyrrole nitrogens is 1. The molecule has 20 heteroatoms. The molecule has 7 N–H and O–H groups in total. The van der Waals surface area contributed by atoms with Crippen LogP contribution in [0.2, 0.25) is 0 Å². The highest BCUT2D eigenvalue weighted by Gasteiger charge is 2.16. The van der Waals surface area contributed by atoms with Gasteiger partial charge in [-0.3, -0.25) is 4.55 Å². The number of aromatic amines is 1. The summed E-state index contributed by atoms with van der Waals surface area (Å²) in [5.74, 6) is -2.16. The van der Waals surface area contributed by atoms with Gasteiger partial charge in [0.1, 0.15) is 22.9 Å². The number of nitrogens with zero attached hydrogens (tertiary/aromatic N) is 8. The maximum atomic E-state index is 11.0. The topological polar surface area (TPSA) is 279 Å². The third-order valence-electron chi connectivity index (χ3n) is 4.31. The lowest BCUT2D eigenvalue weighted by Crippen LogP contribution is -2.07. The predicted octanol–water partition coefficient (Wildman–Crippen LogP) is 3.07. The van der Waals surface area contributed by atoms with Crippen LogP contribution in [0, 0.1) is 0 Å². The van der Waals surface area contributed by atoms with E-state index in [-0.39, 0.29) is 70.3 Å². The molecule has 39 heavy (non-hydrogen) atoms. The molecule has 0 atom stereocenters. The smallest absolute Gasteiger partial charge is 0.375 e. The van der Waals surface area contributed by atoms with Gasteiger partial charge in [-0.15, -0.1) is 25.6 Å². The van der Waals surface area contributed by atoms with E-state index in [0.29, 0.717) is 0 Å². The minimum absolute atomic E-state index is 0.0165. The van der Waals surface area contributed by atoms with E-state index >= 15 is 0 Å². The number of ether oxygens (including phenoxy) is 2. The van der Waals surface area contributed by atoms with Crippen LogP contribution in [-0.2, 0) is 10.1 Å². The van der Waals surface area contributed by atoms with E-state index in [0.717, 1.165) is 11.8 Å². The first kappa shape index (κ1) is 29.1. The molecule has 0 fully saturated rings. The molecule has 18 nitrogen and oxygen atoms in total. The summed E-state index contributed by atoms with van der Waals surface area (Å²) >= 11 is 0.933. The number of carbonyl (C=O) groups is 1. The third-order valence-corrected chi connectivity index (χ3v) is 6.13. The van der Waals surface area contributed by atoms with Crippen molar-refractivity contribution in [2.75, 3.05) is 36.2 Å². The largest absolute Gasteiger partial charge is 0.491 e. The number of thioether (sulfide) groups is 1. The van der Waals surface area contributed by atoms with Gasteiger partial charge in [-0.1, -0.05) is 11.8 Å². The van der Waals surface area contributed by atoms with Crippen molar-refractivity contribution in [3.8, 4) is 11.5 Å². The molecular weight excluding hydrogens is 558 g/mol. The summed E-state index contributed by atoms with van der Waals surface area (Å²) in [6.07, 6.45) is 0. The lowest BCUT2D eigenvalue weighted by Gasteiger charge is -2.11.